The van der Waals surface area contributed by atoms with Crippen molar-refractivity contribution in [2.24, 2.45) is 0 Å². The van der Waals surface area contributed by atoms with E-state index in [0.717, 1.165) is 42.2 Å². The Morgan fingerprint density at radius 2 is 1.67 bits per heavy atom. The van der Waals surface area contributed by atoms with Crippen LogP contribution in [0.3, 0.4) is 0 Å². The molecule has 3 aromatic rings. The number of nitrogens with zero attached hydrogens (tertiary/aromatic N) is 5. The molecule has 0 atom stereocenters. The first kappa shape index (κ1) is 23.7. The van der Waals surface area contributed by atoms with Crippen LogP contribution in [0.5, 0.6) is 0 Å². The summed E-state index contributed by atoms with van der Waals surface area (Å²) in [6.45, 7) is 16.5. The number of unbranched alkanes of at least 4 members (excludes halogenated alkanes) is 1. The Bertz CT molecular complexity index is 1070. The summed E-state index contributed by atoms with van der Waals surface area (Å²) in [4.78, 5) is 14.8. The van der Waals surface area contributed by atoms with Gasteiger partial charge in [-0.25, -0.2) is 9.97 Å². The van der Waals surface area contributed by atoms with E-state index >= 15 is 0 Å². The standard InChI is InChI=1S/C28H39N5/c1-5-7-14-31-16-18-32(19-17-31)15-8-9-24-10-12-25(13-11-24)21-33-26(6-2)30-27-22(3)20-23(4)29-28(27)33/h8-13,20H,5-7,14-19,21H2,1-4H3/b9-8+. The quantitative estimate of drug-likeness (QED) is 0.460. The summed E-state index contributed by atoms with van der Waals surface area (Å²) in [6.07, 6.45) is 8.08. The van der Waals surface area contributed by atoms with Gasteiger partial charge >= 0.3 is 0 Å². The lowest BCUT2D eigenvalue weighted by Gasteiger charge is -2.34. The molecule has 0 saturated carbocycles. The largest absolute Gasteiger partial charge is 0.308 e. The van der Waals surface area contributed by atoms with Crippen molar-refractivity contribution in [1.29, 1.82) is 0 Å². The highest BCUT2D eigenvalue weighted by molar-refractivity contribution is 5.76. The third-order valence-electron chi connectivity index (χ3n) is 6.70. The summed E-state index contributed by atoms with van der Waals surface area (Å²) >= 11 is 0. The number of aromatic nitrogens is 3. The van der Waals surface area contributed by atoms with Crippen molar-refractivity contribution in [2.45, 2.75) is 53.5 Å². The van der Waals surface area contributed by atoms with Crippen molar-refractivity contribution < 1.29 is 0 Å². The van der Waals surface area contributed by atoms with Gasteiger partial charge in [0.15, 0.2) is 5.65 Å². The summed E-state index contributed by atoms with van der Waals surface area (Å²) < 4.78 is 2.28. The molecule has 1 aromatic carbocycles. The first-order valence-electron chi connectivity index (χ1n) is 12.6. The van der Waals surface area contributed by atoms with Crippen molar-refractivity contribution in [3.05, 3.63) is 64.6 Å². The highest BCUT2D eigenvalue weighted by Crippen LogP contribution is 2.21. The lowest BCUT2D eigenvalue weighted by molar-refractivity contribution is 0.141. The second-order valence-electron chi connectivity index (χ2n) is 9.36. The molecule has 5 heteroatoms. The van der Waals surface area contributed by atoms with Crippen LogP contribution in [-0.2, 0) is 13.0 Å². The molecule has 1 aliphatic rings. The Hall–Kier alpha value is -2.50. The zero-order chi connectivity index (χ0) is 23.2. The minimum absolute atomic E-state index is 0.807. The maximum absolute atomic E-state index is 4.87. The van der Waals surface area contributed by atoms with Gasteiger partial charge in [0, 0.05) is 44.8 Å². The Labute approximate surface area is 199 Å². The van der Waals surface area contributed by atoms with Gasteiger partial charge in [0.05, 0.1) is 6.54 Å². The summed E-state index contributed by atoms with van der Waals surface area (Å²) in [5, 5.41) is 0. The molecular formula is C28H39N5. The van der Waals surface area contributed by atoms with E-state index in [0.29, 0.717) is 0 Å². The molecule has 33 heavy (non-hydrogen) atoms. The van der Waals surface area contributed by atoms with Crippen molar-refractivity contribution in [3.63, 3.8) is 0 Å². The number of imidazole rings is 1. The normalized spacial score (nSPS) is 15.8. The minimum Gasteiger partial charge on any atom is -0.308 e. The molecule has 0 spiro atoms. The van der Waals surface area contributed by atoms with E-state index in [1.54, 1.807) is 0 Å². The van der Waals surface area contributed by atoms with Crippen LogP contribution >= 0.6 is 0 Å². The van der Waals surface area contributed by atoms with E-state index in [-0.39, 0.29) is 0 Å². The predicted molar refractivity (Wildman–Crippen MR) is 139 cm³/mol. The van der Waals surface area contributed by atoms with Gasteiger partial charge in [-0.05, 0) is 49.6 Å². The molecule has 1 fully saturated rings. The van der Waals surface area contributed by atoms with Gasteiger partial charge in [-0.2, -0.15) is 0 Å². The van der Waals surface area contributed by atoms with E-state index < -0.39 is 0 Å². The Morgan fingerprint density at radius 3 is 2.36 bits per heavy atom. The molecule has 0 N–H and O–H groups in total. The fourth-order valence-corrected chi connectivity index (χ4v) is 4.72. The van der Waals surface area contributed by atoms with Crippen LogP contribution in [0.25, 0.3) is 17.2 Å². The van der Waals surface area contributed by atoms with Gasteiger partial charge in [0.2, 0.25) is 0 Å². The number of fused-ring (bicyclic) bond motifs is 1. The molecule has 2 aromatic heterocycles. The lowest BCUT2D eigenvalue weighted by atomic mass is 10.1. The van der Waals surface area contributed by atoms with E-state index in [1.165, 1.54) is 62.3 Å². The zero-order valence-electron chi connectivity index (χ0n) is 20.8. The number of rotatable bonds is 9. The molecule has 4 rings (SSSR count). The van der Waals surface area contributed by atoms with E-state index in [4.69, 9.17) is 9.97 Å². The second kappa shape index (κ2) is 11.1. The molecule has 3 heterocycles. The van der Waals surface area contributed by atoms with Crippen molar-refractivity contribution in [2.75, 3.05) is 39.3 Å². The average molecular weight is 446 g/mol. The second-order valence-corrected chi connectivity index (χ2v) is 9.36. The summed E-state index contributed by atoms with van der Waals surface area (Å²) in [7, 11) is 0. The van der Waals surface area contributed by atoms with Crippen LogP contribution in [0, 0.1) is 13.8 Å². The van der Waals surface area contributed by atoms with E-state index in [1.807, 2.05) is 0 Å². The number of hydrogen-bond donors (Lipinski definition) is 0. The number of aryl methyl sites for hydroxylation is 3. The molecule has 0 unspecified atom stereocenters. The van der Waals surface area contributed by atoms with Gasteiger partial charge in [-0.15, -0.1) is 0 Å². The number of benzene rings is 1. The fraction of sp³-hybridized carbons (Fsp3) is 0.500. The van der Waals surface area contributed by atoms with Crippen molar-refractivity contribution in [1.82, 2.24) is 24.3 Å². The molecule has 1 aliphatic heterocycles. The first-order chi connectivity index (χ1) is 16.1. The maximum Gasteiger partial charge on any atom is 0.160 e. The minimum atomic E-state index is 0.807. The van der Waals surface area contributed by atoms with Crippen LogP contribution in [-0.4, -0.2) is 63.6 Å². The highest BCUT2D eigenvalue weighted by atomic mass is 15.3. The fourth-order valence-electron chi connectivity index (χ4n) is 4.72. The van der Waals surface area contributed by atoms with Gasteiger partial charge in [-0.3, -0.25) is 4.90 Å². The molecule has 0 aliphatic carbocycles. The molecule has 0 amide bonds. The molecule has 5 nitrogen and oxygen atoms in total. The Balaban J connectivity index is 1.36. The number of piperazine rings is 1. The SMILES string of the molecule is CCCCN1CCN(C/C=C/c2ccc(Cn3c(CC)nc4c(C)cc(C)nc43)cc2)CC1. The van der Waals surface area contributed by atoms with E-state index in [9.17, 15) is 0 Å². The van der Waals surface area contributed by atoms with Gasteiger partial charge < -0.3 is 9.47 Å². The van der Waals surface area contributed by atoms with Gasteiger partial charge in [-0.1, -0.05) is 56.7 Å². The smallest absolute Gasteiger partial charge is 0.160 e. The number of pyridine rings is 1. The predicted octanol–water partition coefficient (Wildman–Crippen LogP) is 5.09. The summed E-state index contributed by atoms with van der Waals surface area (Å²) in [5.74, 6) is 1.10. The molecule has 0 bridgehead atoms. The van der Waals surface area contributed by atoms with Crippen LogP contribution < -0.4 is 0 Å². The summed E-state index contributed by atoms with van der Waals surface area (Å²) in [5.41, 5.74) is 6.83. The monoisotopic (exact) mass is 445 g/mol. The van der Waals surface area contributed by atoms with Crippen LogP contribution in [0.2, 0.25) is 0 Å². The molecule has 0 radical (unpaired) electrons. The van der Waals surface area contributed by atoms with Crippen LogP contribution in [0.1, 0.15) is 54.9 Å². The third kappa shape index (κ3) is 5.90. The molecule has 176 valence electrons. The third-order valence-corrected chi connectivity index (χ3v) is 6.70. The van der Waals surface area contributed by atoms with Gasteiger partial charge in [0.25, 0.3) is 0 Å². The number of hydrogen-bond acceptors (Lipinski definition) is 4. The first-order valence-corrected chi connectivity index (χ1v) is 12.6. The molecule has 1 saturated heterocycles. The van der Waals surface area contributed by atoms with Crippen molar-refractivity contribution >= 4 is 17.2 Å². The highest BCUT2D eigenvalue weighted by Gasteiger charge is 2.15. The molecular weight excluding hydrogens is 406 g/mol. The Morgan fingerprint density at radius 1 is 0.939 bits per heavy atom. The maximum atomic E-state index is 4.87. The van der Waals surface area contributed by atoms with Crippen LogP contribution in [0.15, 0.2) is 36.4 Å². The average Bonchev–Trinajstić information content (AvgIpc) is 3.17. The lowest BCUT2D eigenvalue weighted by Crippen LogP contribution is -2.46. The van der Waals surface area contributed by atoms with Crippen molar-refractivity contribution in [3.8, 4) is 0 Å². The Kier molecular flexibility index (Phi) is 7.94. The zero-order valence-corrected chi connectivity index (χ0v) is 20.8. The van der Waals surface area contributed by atoms with Crippen LogP contribution in [0.4, 0.5) is 0 Å². The topological polar surface area (TPSA) is 37.2 Å². The van der Waals surface area contributed by atoms with Gasteiger partial charge in [0.1, 0.15) is 11.3 Å². The van der Waals surface area contributed by atoms with E-state index in [2.05, 4.69) is 84.5 Å². The summed E-state index contributed by atoms with van der Waals surface area (Å²) in [6, 6.07) is 11.0.